The van der Waals surface area contributed by atoms with Crippen LogP contribution in [0.2, 0.25) is 0 Å². The Hall–Kier alpha value is -2.18. The molecule has 0 saturated carbocycles. The predicted octanol–water partition coefficient (Wildman–Crippen LogP) is 1.50. The number of anilines is 1. The third-order valence-corrected chi connectivity index (χ3v) is 4.22. The molecule has 22 heavy (non-hydrogen) atoms. The van der Waals surface area contributed by atoms with Crippen LogP contribution in [0.4, 0.5) is 11.4 Å². The Morgan fingerprint density at radius 1 is 1.27 bits per heavy atom. The van der Waals surface area contributed by atoms with Crippen LogP contribution in [0.5, 0.6) is 0 Å². The second-order valence-electron chi connectivity index (χ2n) is 5.79. The number of rotatable bonds is 3. The summed E-state index contributed by atoms with van der Waals surface area (Å²) in [6, 6.07) is 6.52. The molecule has 0 aliphatic carbocycles. The molecule has 3 N–H and O–H groups in total. The molecule has 2 aliphatic heterocycles. The fourth-order valence-electron chi connectivity index (χ4n) is 3.04. The van der Waals surface area contributed by atoms with E-state index in [-0.39, 0.29) is 0 Å². The summed E-state index contributed by atoms with van der Waals surface area (Å²) in [7, 11) is 0. The van der Waals surface area contributed by atoms with E-state index in [0.29, 0.717) is 5.69 Å². The number of aliphatic imine (C=N–C) groups is 1. The summed E-state index contributed by atoms with van der Waals surface area (Å²) in [6.07, 6.45) is 2.43. The Morgan fingerprint density at radius 2 is 2.14 bits per heavy atom. The standard InChI is InChI=1S/C16H19N5O/c17-13-9-18-20-16(13)15-8-12-7-11(1-2-14(12)19-15)10-21-3-5-22-6-4-21/h1-2,7,9H,3-6,8,10,17H2,(H,18,20). The number of nitrogens with one attached hydrogen (secondary N) is 1. The molecule has 0 spiro atoms. The van der Waals surface area contributed by atoms with Gasteiger partial charge in [-0.15, -0.1) is 0 Å². The zero-order valence-electron chi connectivity index (χ0n) is 12.4. The van der Waals surface area contributed by atoms with Crippen molar-refractivity contribution >= 4 is 17.1 Å². The first kappa shape index (κ1) is 13.5. The Balaban J connectivity index is 1.51. The first-order chi connectivity index (χ1) is 10.8. The highest BCUT2D eigenvalue weighted by Crippen LogP contribution is 2.30. The number of benzene rings is 1. The molecule has 114 valence electrons. The van der Waals surface area contributed by atoms with Gasteiger partial charge in [-0.3, -0.25) is 15.0 Å². The van der Waals surface area contributed by atoms with Crippen LogP contribution in [-0.2, 0) is 17.7 Å². The number of aromatic nitrogens is 2. The lowest BCUT2D eigenvalue weighted by Crippen LogP contribution is -2.35. The number of ether oxygens (including phenoxy) is 1. The van der Waals surface area contributed by atoms with E-state index >= 15 is 0 Å². The summed E-state index contributed by atoms with van der Waals surface area (Å²) in [4.78, 5) is 7.10. The molecule has 0 unspecified atom stereocenters. The van der Waals surface area contributed by atoms with E-state index < -0.39 is 0 Å². The van der Waals surface area contributed by atoms with Crippen molar-refractivity contribution in [1.82, 2.24) is 15.1 Å². The van der Waals surface area contributed by atoms with Crippen molar-refractivity contribution in [3.05, 3.63) is 41.2 Å². The van der Waals surface area contributed by atoms with E-state index in [1.54, 1.807) is 6.20 Å². The van der Waals surface area contributed by atoms with E-state index in [1.165, 1.54) is 11.1 Å². The second kappa shape index (κ2) is 5.55. The SMILES string of the molecule is Nc1cn[nH]c1C1=Nc2ccc(CN3CCOCC3)cc2C1. The molecule has 1 aromatic heterocycles. The number of fused-ring (bicyclic) bond motifs is 1. The van der Waals surface area contributed by atoms with Crippen LogP contribution >= 0.6 is 0 Å². The number of aromatic amines is 1. The van der Waals surface area contributed by atoms with Crippen molar-refractivity contribution in [2.24, 2.45) is 4.99 Å². The molecular formula is C16H19N5O. The number of nitrogen functional groups attached to an aromatic ring is 1. The van der Waals surface area contributed by atoms with Crippen molar-refractivity contribution in [1.29, 1.82) is 0 Å². The highest BCUT2D eigenvalue weighted by Gasteiger charge is 2.20. The van der Waals surface area contributed by atoms with Gasteiger partial charge in [-0.2, -0.15) is 5.10 Å². The van der Waals surface area contributed by atoms with Crippen molar-refractivity contribution in [3.8, 4) is 0 Å². The van der Waals surface area contributed by atoms with E-state index in [0.717, 1.165) is 56.4 Å². The van der Waals surface area contributed by atoms with E-state index in [1.807, 2.05) is 0 Å². The Labute approximate surface area is 129 Å². The Kier molecular flexibility index (Phi) is 3.40. The minimum Gasteiger partial charge on any atom is -0.396 e. The molecule has 0 bridgehead atoms. The van der Waals surface area contributed by atoms with Crippen LogP contribution in [-0.4, -0.2) is 47.1 Å². The van der Waals surface area contributed by atoms with Gasteiger partial charge in [0.05, 0.1) is 36.5 Å². The van der Waals surface area contributed by atoms with E-state index in [4.69, 9.17) is 10.5 Å². The molecular weight excluding hydrogens is 278 g/mol. The van der Waals surface area contributed by atoms with Crippen LogP contribution in [0.25, 0.3) is 0 Å². The molecule has 2 aromatic rings. The van der Waals surface area contributed by atoms with Crippen molar-refractivity contribution in [3.63, 3.8) is 0 Å². The third kappa shape index (κ3) is 2.51. The summed E-state index contributed by atoms with van der Waals surface area (Å²) in [5, 5.41) is 6.91. The fourth-order valence-corrected chi connectivity index (χ4v) is 3.04. The molecule has 2 aliphatic rings. The van der Waals surface area contributed by atoms with Gasteiger partial charge in [0, 0.05) is 26.1 Å². The van der Waals surface area contributed by atoms with Gasteiger partial charge >= 0.3 is 0 Å². The van der Waals surface area contributed by atoms with Crippen molar-refractivity contribution in [2.45, 2.75) is 13.0 Å². The summed E-state index contributed by atoms with van der Waals surface area (Å²) < 4.78 is 5.40. The van der Waals surface area contributed by atoms with Gasteiger partial charge in [0.2, 0.25) is 0 Å². The summed E-state index contributed by atoms with van der Waals surface area (Å²) in [6.45, 7) is 4.64. The molecule has 4 rings (SSSR count). The Morgan fingerprint density at radius 3 is 2.91 bits per heavy atom. The minimum absolute atomic E-state index is 0.653. The molecule has 3 heterocycles. The highest BCUT2D eigenvalue weighted by atomic mass is 16.5. The smallest absolute Gasteiger partial charge is 0.103 e. The topological polar surface area (TPSA) is 79.5 Å². The van der Waals surface area contributed by atoms with Crippen LogP contribution in [0.15, 0.2) is 29.4 Å². The van der Waals surface area contributed by atoms with Gasteiger partial charge in [0.1, 0.15) is 5.69 Å². The maximum absolute atomic E-state index is 5.92. The van der Waals surface area contributed by atoms with E-state index in [9.17, 15) is 0 Å². The fraction of sp³-hybridized carbons (Fsp3) is 0.375. The molecule has 0 amide bonds. The van der Waals surface area contributed by atoms with Gasteiger partial charge in [0.15, 0.2) is 0 Å². The number of morpholine rings is 1. The maximum Gasteiger partial charge on any atom is 0.103 e. The van der Waals surface area contributed by atoms with Gasteiger partial charge in [-0.1, -0.05) is 12.1 Å². The first-order valence-corrected chi connectivity index (χ1v) is 7.58. The zero-order chi connectivity index (χ0) is 14.9. The van der Waals surface area contributed by atoms with Gasteiger partial charge in [-0.05, 0) is 17.2 Å². The first-order valence-electron chi connectivity index (χ1n) is 7.58. The second-order valence-corrected chi connectivity index (χ2v) is 5.79. The molecule has 0 atom stereocenters. The normalized spacial score (nSPS) is 18.3. The number of nitrogens with two attached hydrogens (primary N) is 1. The van der Waals surface area contributed by atoms with Crippen LogP contribution < -0.4 is 5.73 Å². The number of hydrogen-bond acceptors (Lipinski definition) is 5. The van der Waals surface area contributed by atoms with Gasteiger partial charge in [-0.25, -0.2) is 0 Å². The quantitative estimate of drug-likeness (QED) is 0.900. The summed E-state index contributed by atoms with van der Waals surface area (Å²) in [5.74, 6) is 0. The number of nitrogens with zero attached hydrogens (tertiary/aromatic N) is 3. The van der Waals surface area contributed by atoms with E-state index in [2.05, 4.69) is 38.3 Å². The largest absolute Gasteiger partial charge is 0.396 e. The zero-order valence-corrected chi connectivity index (χ0v) is 12.4. The number of H-pyrrole nitrogens is 1. The molecule has 0 radical (unpaired) electrons. The minimum atomic E-state index is 0.653. The lowest BCUT2D eigenvalue weighted by Gasteiger charge is -2.26. The highest BCUT2D eigenvalue weighted by molar-refractivity contribution is 6.08. The average molecular weight is 297 g/mol. The Bertz CT molecular complexity index is 715. The van der Waals surface area contributed by atoms with Gasteiger partial charge in [0.25, 0.3) is 0 Å². The van der Waals surface area contributed by atoms with Gasteiger partial charge < -0.3 is 10.5 Å². The lowest BCUT2D eigenvalue weighted by atomic mass is 10.0. The summed E-state index contributed by atoms with van der Waals surface area (Å²) >= 11 is 0. The van der Waals surface area contributed by atoms with Crippen LogP contribution in [0.3, 0.4) is 0 Å². The average Bonchev–Trinajstić information content (AvgIpc) is 3.13. The third-order valence-electron chi connectivity index (χ3n) is 4.22. The summed E-state index contributed by atoms with van der Waals surface area (Å²) in [5.41, 5.74) is 12.0. The van der Waals surface area contributed by atoms with Crippen molar-refractivity contribution < 1.29 is 4.74 Å². The number of hydrogen-bond donors (Lipinski definition) is 2. The molecule has 6 heteroatoms. The van der Waals surface area contributed by atoms with Crippen molar-refractivity contribution in [2.75, 3.05) is 32.0 Å². The molecule has 1 fully saturated rings. The maximum atomic E-state index is 5.92. The predicted molar refractivity (Wildman–Crippen MR) is 85.4 cm³/mol. The molecule has 1 aromatic carbocycles. The van der Waals surface area contributed by atoms with Crippen LogP contribution in [0, 0.1) is 0 Å². The molecule has 6 nitrogen and oxygen atoms in total. The van der Waals surface area contributed by atoms with Crippen LogP contribution in [0.1, 0.15) is 16.8 Å². The molecule has 1 saturated heterocycles. The lowest BCUT2D eigenvalue weighted by molar-refractivity contribution is 0.0342. The monoisotopic (exact) mass is 297 g/mol.